The Morgan fingerprint density at radius 3 is 2.43 bits per heavy atom. The summed E-state index contributed by atoms with van der Waals surface area (Å²) < 4.78 is 5.58. The Morgan fingerprint density at radius 1 is 1.22 bits per heavy atom. The van der Waals surface area contributed by atoms with Gasteiger partial charge in [-0.05, 0) is 44.5 Å². The summed E-state index contributed by atoms with van der Waals surface area (Å²) >= 11 is 0. The fraction of sp³-hybridized carbons (Fsp3) is 0.529. The molecule has 0 fully saturated rings. The van der Waals surface area contributed by atoms with Crippen LogP contribution in [0.5, 0.6) is 5.75 Å². The lowest BCUT2D eigenvalue weighted by atomic mass is 10.2. The van der Waals surface area contributed by atoms with Gasteiger partial charge in [-0.25, -0.2) is 0 Å². The van der Waals surface area contributed by atoms with Crippen LogP contribution in [0.25, 0.3) is 0 Å². The van der Waals surface area contributed by atoms with Gasteiger partial charge in [0.1, 0.15) is 5.75 Å². The molecule has 0 saturated heterocycles. The van der Waals surface area contributed by atoms with E-state index in [1.807, 2.05) is 52.0 Å². The van der Waals surface area contributed by atoms with Crippen LogP contribution in [0.3, 0.4) is 0 Å². The maximum atomic E-state index is 11.4. The smallest absolute Gasteiger partial charge is 0.222 e. The standard InChI is InChI=1S/C17H28N4O2/c1-12(2)16(22)19-10-5-11-20-17(18)21-14-6-8-15(9-7-14)23-13(3)4/h6-9,12-13H,5,10-11H2,1-4H3,(H,19,22)(H3,18,20,21). The quantitative estimate of drug-likeness (QED) is 0.390. The Hall–Kier alpha value is -2.24. The normalized spacial score (nSPS) is 11.7. The number of nitrogens with one attached hydrogen (secondary N) is 2. The van der Waals surface area contributed by atoms with Crippen molar-refractivity contribution in [1.82, 2.24) is 5.32 Å². The largest absolute Gasteiger partial charge is 0.491 e. The number of hydrogen-bond donors (Lipinski definition) is 3. The number of guanidine groups is 1. The molecule has 0 bridgehead atoms. The molecule has 1 aromatic carbocycles. The summed E-state index contributed by atoms with van der Waals surface area (Å²) in [7, 11) is 0. The Bertz CT molecular complexity index is 510. The number of anilines is 1. The van der Waals surface area contributed by atoms with Crippen LogP contribution >= 0.6 is 0 Å². The van der Waals surface area contributed by atoms with E-state index >= 15 is 0 Å². The van der Waals surface area contributed by atoms with Crippen molar-refractivity contribution in [3.8, 4) is 5.75 Å². The van der Waals surface area contributed by atoms with Gasteiger partial charge < -0.3 is 21.1 Å². The van der Waals surface area contributed by atoms with E-state index in [9.17, 15) is 4.79 Å². The molecule has 0 atom stereocenters. The van der Waals surface area contributed by atoms with Crippen LogP contribution in [-0.2, 0) is 4.79 Å². The summed E-state index contributed by atoms with van der Waals surface area (Å²) in [5.41, 5.74) is 6.69. The van der Waals surface area contributed by atoms with E-state index in [2.05, 4.69) is 15.6 Å². The highest BCUT2D eigenvalue weighted by Gasteiger charge is 2.04. The number of ether oxygens (including phenoxy) is 1. The SMILES string of the molecule is CC(C)Oc1ccc(NC(N)=NCCCNC(=O)C(C)C)cc1. The number of nitrogens with zero attached hydrogens (tertiary/aromatic N) is 1. The highest BCUT2D eigenvalue weighted by Crippen LogP contribution is 2.16. The first-order valence-corrected chi connectivity index (χ1v) is 8.00. The minimum absolute atomic E-state index is 0.00730. The van der Waals surface area contributed by atoms with Crippen molar-refractivity contribution in [3.63, 3.8) is 0 Å². The molecule has 23 heavy (non-hydrogen) atoms. The summed E-state index contributed by atoms with van der Waals surface area (Å²) in [6.07, 6.45) is 0.902. The van der Waals surface area contributed by atoms with E-state index in [4.69, 9.17) is 10.5 Å². The lowest BCUT2D eigenvalue weighted by molar-refractivity contribution is -0.123. The second kappa shape index (κ2) is 9.71. The lowest BCUT2D eigenvalue weighted by Crippen LogP contribution is -2.29. The molecular formula is C17H28N4O2. The van der Waals surface area contributed by atoms with E-state index < -0.39 is 0 Å². The highest BCUT2D eigenvalue weighted by molar-refractivity contribution is 5.92. The van der Waals surface area contributed by atoms with Gasteiger partial charge in [-0.1, -0.05) is 13.8 Å². The molecule has 0 unspecified atom stereocenters. The van der Waals surface area contributed by atoms with Crippen molar-refractivity contribution in [2.75, 3.05) is 18.4 Å². The van der Waals surface area contributed by atoms with Crippen LogP contribution in [0.2, 0.25) is 0 Å². The van der Waals surface area contributed by atoms with Gasteiger partial charge in [0.15, 0.2) is 5.96 Å². The Kier molecular flexibility index (Phi) is 7.94. The second-order valence-electron chi connectivity index (χ2n) is 5.88. The number of nitrogens with two attached hydrogens (primary N) is 1. The van der Waals surface area contributed by atoms with Crippen molar-refractivity contribution in [1.29, 1.82) is 0 Å². The van der Waals surface area contributed by atoms with E-state index in [1.165, 1.54) is 0 Å². The number of rotatable bonds is 8. The summed E-state index contributed by atoms with van der Waals surface area (Å²) in [4.78, 5) is 15.6. The molecule has 0 heterocycles. The third-order valence-electron chi connectivity index (χ3n) is 2.94. The van der Waals surface area contributed by atoms with Crippen molar-refractivity contribution in [3.05, 3.63) is 24.3 Å². The number of amides is 1. The van der Waals surface area contributed by atoms with E-state index in [1.54, 1.807) is 0 Å². The first-order valence-electron chi connectivity index (χ1n) is 8.00. The zero-order chi connectivity index (χ0) is 17.2. The molecular weight excluding hydrogens is 292 g/mol. The molecule has 1 aromatic rings. The molecule has 0 aromatic heterocycles. The molecule has 4 N–H and O–H groups in total. The number of hydrogen-bond acceptors (Lipinski definition) is 3. The molecule has 1 amide bonds. The van der Waals surface area contributed by atoms with Gasteiger partial charge in [-0.3, -0.25) is 9.79 Å². The predicted octanol–water partition coefficient (Wildman–Crippen LogP) is 2.36. The minimum atomic E-state index is 0.00730. The van der Waals surface area contributed by atoms with Gasteiger partial charge in [0.2, 0.25) is 5.91 Å². The molecule has 0 saturated carbocycles. The Balaban J connectivity index is 2.32. The predicted molar refractivity (Wildman–Crippen MR) is 94.8 cm³/mol. The number of benzene rings is 1. The molecule has 0 aliphatic carbocycles. The summed E-state index contributed by atoms with van der Waals surface area (Å²) in [5.74, 6) is 1.25. The summed E-state index contributed by atoms with van der Waals surface area (Å²) in [6, 6.07) is 7.56. The van der Waals surface area contributed by atoms with Gasteiger partial charge in [0, 0.05) is 24.7 Å². The number of carbonyl (C=O) groups excluding carboxylic acids is 1. The Morgan fingerprint density at radius 2 is 1.87 bits per heavy atom. The topological polar surface area (TPSA) is 88.7 Å². The molecule has 6 heteroatoms. The monoisotopic (exact) mass is 320 g/mol. The number of carbonyl (C=O) groups is 1. The molecule has 1 rings (SSSR count). The molecule has 6 nitrogen and oxygen atoms in total. The summed E-state index contributed by atoms with van der Waals surface area (Å²) in [5, 5.41) is 5.87. The molecule has 0 aliphatic rings. The molecule has 0 radical (unpaired) electrons. The van der Waals surface area contributed by atoms with E-state index in [-0.39, 0.29) is 17.9 Å². The number of aliphatic imine (C=N–C) groups is 1. The maximum Gasteiger partial charge on any atom is 0.222 e. The van der Waals surface area contributed by atoms with E-state index in [0.717, 1.165) is 17.9 Å². The summed E-state index contributed by atoms with van der Waals surface area (Å²) in [6.45, 7) is 8.88. The third kappa shape index (κ3) is 8.09. The van der Waals surface area contributed by atoms with Crippen LogP contribution < -0.4 is 21.1 Å². The van der Waals surface area contributed by atoms with Gasteiger partial charge in [-0.2, -0.15) is 0 Å². The fourth-order valence-electron chi connectivity index (χ4n) is 1.77. The van der Waals surface area contributed by atoms with Crippen molar-refractivity contribution in [2.24, 2.45) is 16.6 Å². The highest BCUT2D eigenvalue weighted by atomic mass is 16.5. The Labute approximate surface area is 138 Å². The average molecular weight is 320 g/mol. The second-order valence-corrected chi connectivity index (χ2v) is 5.88. The zero-order valence-corrected chi connectivity index (χ0v) is 14.4. The van der Waals surface area contributed by atoms with Crippen LogP contribution in [0.15, 0.2) is 29.3 Å². The third-order valence-corrected chi connectivity index (χ3v) is 2.94. The van der Waals surface area contributed by atoms with Crippen molar-refractivity contribution < 1.29 is 9.53 Å². The average Bonchev–Trinajstić information content (AvgIpc) is 2.48. The first kappa shape index (κ1) is 18.8. The van der Waals surface area contributed by atoms with Crippen LogP contribution in [0.4, 0.5) is 5.69 Å². The zero-order valence-electron chi connectivity index (χ0n) is 14.4. The molecule has 0 spiro atoms. The van der Waals surface area contributed by atoms with Crippen molar-refractivity contribution >= 4 is 17.6 Å². The van der Waals surface area contributed by atoms with Gasteiger partial charge >= 0.3 is 0 Å². The van der Waals surface area contributed by atoms with Gasteiger partial charge in [0.25, 0.3) is 0 Å². The molecule has 128 valence electrons. The van der Waals surface area contributed by atoms with Crippen molar-refractivity contribution in [2.45, 2.75) is 40.2 Å². The van der Waals surface area contributed by atoms with Gasteiger partial charge in [-0.15, -0.1) is 0 Å². The molecule has 0 aliphatic heterocycles. The van der Waals surface area contributed by atoms with Crippen LogP contribution in [-0.4, -0.2) is 31.1 Å². The van der Waals surface area contributed by atoms with Crippen LogP contribution in [0, 0.1) is 5.92 Å². The van der Waals surface area contributed by atoms with Gasteiger partial charge in [0.05, 0.1) is 6.10 Å². The fourth-order valence-corrected chi connectivity index (χ4v) is 1.77. The lowest BCUT2D eigenvalue weighted by Gasteiger charge is -2.11. The maximum absolute atomic E-state index is 11.4. The first-order chi connectivity index (χ1) is 10.9. The van der Waals surface area contributed by atoms with E-state index in [0.29, 0.717) is 19.0 Å². The van der Waals surface area contributed by atoms with Crippen LogP contribution in [0.1, 0.15) is 34.1 Å². The minimum Gasteiger partial charge on any atom is -0.491 e.